The Hall–Kier alpha value is -1.59. The number of piperidine rings is 1. The van der Waals surface area contributed by atoms with Crippen molar-refractivity contribution in [2.45, 2.75) is 33.1 Å². The second-order valence-corrected chi connectivity index (χ2v) is 6.34. The monoisotopic (exact) mass is 295 g/mol. The summed E-state index contributed by atoms with van der Waals surface area (Å²) in [5.74, 6) is 0.597. The van der Waals surface area contributed by atoms with Crippen molar-refractivity contribution in [3.8, 4) is 0 Å². The molecule has 0 saturated carbocycles. The molecule has 0 aliphatic carbocycles. The van der Waals surface area contributed by atoms with E-state index < -0.39 is 0 Å². The predicted octanol–water partition coefficient (Wildman–Crippen LogP) is 0.230. The highest BCUT2D eigenvalue weighted by molar-refractivity contribution is 5.84. The summed E-state index contributed by atoms with van der Waals surface area (Å²) in [5.41, 5.74) is 0. The van der Waals surface area contributed by atoms with Gasteiger partial charge < -0.3 is 15.1 Å². The van der Waals surface area contributed by atoms with E-state index in [1.807, 2.05) is 23.6 Å². The molecule has 2 fully saturated rings. The number of carbonyl (C=O) groups is 3. The largest absolute Gasteiger partial charge is 0.355 e. The first-order chi connectivity index (χ1) is 9.97. The van der Waals surface area contributed by atoms with E-state index in [1.54, 1.807) is 0 Å². The van der Waals surface area contributed by atoms with Crippen LogP contribution < -0.4 is 5.32 Å². The Morgan fingerprint density at radius 3 is 2.33 bits per heavy atom. The molecule has 0 spiro atoms. The second-order valence-electron chi connectivity index (χ2n) is 6.34. The molecule has 21 heavy (non-hydrogen) atoms. The summed E-state index contributed by atoms with van der Waals surface area (Å²) in [6, 6.07) is 0. The molecule has 3 amide bonds. The van der Waals surface area contributed by atoms with Crippen LogP contribution in [0.3, 0.4) is 0 Å². The molecule has 0 aromatic rings. The van der Waals surface area contributed by atoms with Gasteiger partial charge in [0.05, 0.1) is 5.92 Å². The van der Waals surface area contributed by atoms with Crippen LogP contribution >= 0.6 is 0 Å². The summed E-state index contributed by atoms with van der Waals surface area (Å²) in [5, 5.41) is 2.75. The fraction of sp³-hybridized carbons (Fsp3) is 0.800. The average Bonchev–Trinajstić information content (AvgIpc) is 2.47. The van der Waals surface area contributed by atoms with Crippen LogP contribution in [0, 0.1) is 11.8 Å². The third-order valence-electron chi connectivity index (χ3n) is 4.14. The van der Waals surface area contributed by atoms with Gasteiger partial charge in [-0.1, -0.05) is 13.8 Å². The van der Waals surface area contributed by atoms with Gasteiger partial charge in [-0.15, -0.1) is 0 Å². The second kappa shape index (κ2) is 6.91. The zero-order chi connectivity index (χ0) is 15.4. The Morgan fingerprint density at radius 1 is 1.19 bits per heavy atom. The molecular formula is C15H25N3O3. The molecule has 2 saturated heterocycles. The molecule has 6 heteroatoms. The predicted molar refractivity (Wildman–Crippen MR) is 78.3 cm³/mol. The first-order valence-corrected chi connectivity index (χ1v) is 7.80. The maximum absolute atomic E-state index is 12.4. The zero-order valence-electron chi connectivity index (χ0n) is 12.9. The van der Waals surface area contributed by atoms with Crippen molar-refractivity contribution in [1.82, 2.24) is 15.1 Å². The van der Waals surface area contributed by atoms with E-state index in [9.17, 15) is 14.4 Å². The van der Waals surface area contributed by atoms with Crippen molar-refractivity contribution in [1.29, 1.82) is 0 Å². The van der Waals surface area contributed by atoms with Gasteiger partial charge in [-0.2, -0.15) is 0 Å². The summed E-state index contributed by atoms with van der Waals surface area (Å²) < 4.78 is 0. The van der Waals surface area contributed by atoms with Crippen molar-refractivity contribution in [3.63, 3.8) is 0 Å². The topological polar surface area (TPSA) is 69.7 Å². The smallest absolute Gasteiger partial charge is 0.227 e. The fourth-order valence-corrected chi connectivity index (χ4v) is 2.86. The zero-order valence-corrected chi connectivity index (χ0v) is 12.9. The first-order valence-electron chi connectivity index (χ1n) is 7.80. The number of rotatable bonds is 3. The van der Waals surface area contributed by atoms with Gasteiger partial charge in [0.25, 0.3) is 0 Å². The lowest BCUT2D eigenvalue weighted by Gasteiger charge is -2.37. The van der Waals surface area contributed by atoms with Gasteiger partial charge in [0.1, 0.15) is 0 Å². The van der Waals surface area contributed by atoms with E-state index in [4.69, 9.17) is 0 Å². The fourth-order valence-electron chi connectivity index (χ4n) is 2.86. The van der Waals surface area contributed by atoms with Gasteiger partial charge >= 0.3 is 0 Å². The average molecular weight is 295 g/mol. The van der Waals surface area contributed by atoms with Crippen LogP contribution in [0.25, 0.3) is 0 Å². The molecule has 2 rings (SSSR count). The Bertz CT molecular complexity index is 404. The molecule has 2 aliphatic rings. The molecule has 2 aliphatic heterocycles. The minimum Gasteiger partial charge on any atom is -0.355 e. The van der Waals surface area contributed by atoms with Crippen LogP contribution in [0.4, 0.5) is 0 Å². The Labute approximate surface area is 125 Å². The molecule has 0 aromatic heterocycles. The number of piperazine rings is 1. The molecule has 6 nitrogen and oxygen atoms in total. The molecule has 0 aromatic carbocycles. The number of nitrogens with one attached hydrogen (secondary N) is 1. The quantitative estimate of drug-likeness (QED) is 0.810. The van der Waals surface area contributed by atoms with Crippen LogP contribution in [0.2, 0.25) is 0 Å². The number of nitrogens with zero attached hydrogens (tertiary/aromatic N) is 2. The minimum absolute atomic E-state index is 0.0307. The minimum atomic E-state index is -0.0967. The number of carbonyl (C=O) groups excluding carboxylic acids is 3. The highest BCUT2D eigenvalue weighted by atomic mass is 16.2. The third kappa shape index (κ3) is 4.19. The van der Waals surface area contributed by atoms with Crippen molar-refractivity contribution >= 4 is 17.7 Å². The van der Waals surface area contributed by atoms with E-state index in [0.29, 0.717) is 57.9 Å². The molecule has 0 radical (unpaired) electrons. The Morgan fingerprint density at radius 2 is 1.81 bits per heavy atom. The van der Waals surface area contributed by atoms with Gasteiger partial charge in [-0.25, -0.2) is 0 Å². The van der Waals surface area contributed by atoms with Crippen molar-refractivity contribution in [2.75, 3.05) is 32.7 Å². The van der Waals surface area contributed by atoms with Gasteiger partial charge in [-0.05, 0) is 12.3 Å². The van der Waals surface area contributed by atoms with Crippen LogP contribution in [0.15, 0.2) is 0 Å². The normalized spacial score (nSPS) is 23.2. The van der Waals surface area contributed by atoms with Crippen molar-refractivity contribution in [2.24, 2.45) is 11.8 Å². The van der Waals surface area contributed by atoms with E-state index in [2.05, 4.69) is 5.32 Å². The van der Waals surface area contributed by atoms with Gasteiger partial charge in [0.15, 0.2) is 0 Å². The molecule has 2 heterocycles. The molecule has 1 atom stereocenters. The molecular weight excluding hydrogens is 270 g/mol. The van der Waals surface area contributed by atoms with E-state index in [1.165, 1.54) is 0 Å². The number of amides is 3. The lowest BCUT2D eigenvalue weighted by atomic mass is 9.97. The maximum Gasteiger partial charge on any atom is 0.227 e. The SMILES string of the molecule is CC(C)CC(=O)N1CCN(C(=O)C2CCC(=O)NC2)CC1. The van der Waals surface area contributed by atoms with E-state index in [-0.39, 0.29) is 23.6 Å². The van der Waals surface area contributed by atoms with Gasteiger partial charge in [-0.3, -0.25) is 14.4 Å². The van der Waals surface area contributed by atoms with Crippen LogP contribution in [0.5, 0.6) is 0 Å². The highest BCUT2D eigenvalue weighted by Crippen LogP contribution is 2.16. The number of hydrogen-bond acceptors (Lipinski definition) is 3. The van der Waals surface area contributed by atoms with Crippen LogP contribution in [-0.2, 0) is 14.4 Å². The third-order valence-corrected chi connectivity index (χ3v) is 4.14. The summed E-state index contributed by atoms with van der Waals surface area (Å²) in [7, 11) is 0. The maximum atomic E-state index is 12.4. The van der Waals surface area contributed by atoms with Crippen molar-refractivity contribution in [3.05, 3.63) is 0 Å². The van der Waals surface area contributed by atoms with Crippen LogP contribution in [-0.4, -0.2) is 60.2 Å². The van der Waals surface area contributed by atoms with Gasteiger partial charge in [0, 0.05) is 45.6 Å². The van der Waals surface area contributed by atoms with Crippen LogP contribution in [0.1, 0.15) is 33.1 Å². The lowest BCUT2D eigenvalue weighted by molar-refractivity contribution is -0.143. The Balaban J connectivity index is 1.79. The molecule has 1 N–H and O–H groups in total. The summed E-state index contributed by atoms with van der Waals surface area (Å²) in [4.78, 5) is 39.2. The molecule has 1 unspecified atom stereocenters. The Kier molecular flexibility index (Phi) is 5.20. The highest BCUT2D eigenvalue weighted by Gasteiger charge is 2.31. The van der Waals surface area contributed by atoms with E-state index in [0.717, 1.165) is 0 Å². The molecule has 118 valence electrons. The van der Waals surface area contributed by atoms with E-state index >= 15 is 0 Å². The van der Waals surface area contributed by atoms with Gasteiger partial charge in [0.2, 0.25) is 17.7 Å². The summed E-state index contributed by atoms with van der Waals surface area (Å²) >= 11 is 0. The first kappa shape index (κ1) is 15.8. The standard InChI is InChI=1S/C15H25N3O3/c1-11(2)9-14(20)17-5-7-18(8-6-17)15(21)12-3-4-13(19)16-10-12/h11-12H,3-10H2,1-2H3,(H,16,19). The van der Waals surface area contributed by atoms with Crippen molar-refractivity contribution < 1.29 is 14.4 Å². The summed E-state index contributed by atoms with van der Waals surface area (Å²) in [6.07, 6.45) is 1.64. The number of hydrogen-bond donors (Lipinski definition) is 1. The summed E-state index contributed by atoms with van der Waals surface area (Å²) in [6.45, 7) is 6.97. The molecule has 0 bridgehead atoms. The lowest BCUT2D eigenvalue weighted by Crippen LogP contribution is -2.53.